The van der Waals surface area contributed by atoms with Crippen LogP contribution in [0.25, 0.3) is 0 Å². The second-order valence-electron chi connectivity index (χ2n) is 4.78. The smallest absolute Gasteiger partial charge is 0.0608 e. The average molecular weight is 195 g/mol. The fraction of sp³-hybridized carbons (Fsp3) is 0.667. The molecule has 0 saturated carbocycles. The van der Waals surface area contributed by atoms with Crippen LogP contribution >= 0.6 is 0 Å². The lowest BCUT2D eigenvalue weighted by molar-refractivity contribution is 0.0661. The maximum absolute atomic E-state index is 9.63. The minimum Gasteiger partial charge on any atom is -0.390 e. The van der Waals surface area contributed by atoms with E-state index in [2.05, 4.69) is 31.5 Å². The van der Waals surface area contributed by atoms with E-state index >= 15 is 0 Å². The maximum atomic E-state index is 9.63. The van der Waals surface area contributed by atoms with Gasteiger partial charge in [0.05, 0.1) is 5.60 Å². The number of aliphatic hydroxyl groups is 1. The molecule has 80 valence electrons. The minimum absolute atomic E-state index is 0.571. The highest BCUT2D eigenvalue weighted by Crippen LogP contribution is 2.17. The molecular formula is C12H21NO. The molecule has 2 nitrogen and oxygen atoms in total. The van der Waals surface area contributed by atoms with E-state index in [-0.39, 0.29) is 0 Å². The Balaban J connectivity index is 2.73. The van der Waals surface area contributed by atoms with Crippen molar-refractivity contribution in [3.05, 3.63) is 23.0 Å². The summed E-state index contributed by atoms with van der Waals surface area (Å²) in [5, 5.41) is 9.63. The van der Waals surface area contributed by atoms with Crippen molar-refractivity contribution in [1.29, 1.82) is 0 Å². The fourth-order valence-corrected chi connectivity index (χ4v) is 1.55. The first kappa shape index (κ1) is 11.3. The van der Waals surface area contributed by atoms with Gasteiger partial charge in [-0.3, -0.25) is 0 Å². The van der Waals surface area contributed by atoms with Crippen molar-refractivity contribution >= 4 is 0 Å². The Labute approximate surface area is 86.6 Å². The first-order valence-corrected chi connectivity index (χ1v) is 5.16. The summed E-state index contributed by atoms with van der Waals surface area (Å²) in [6.07, 6.45) is 2.96. The van der Waals surface area contributed by atoms with Crippen LogP contribution in [0.5, 0.6) is 0 Å². The number of aromatic nitrogens is 1. The van der Waals surface area contributed by atoms with Gasteiger partial charge < -0.3 is 9.67 Å². The summed E-state index contributed by atoms with van der Waals surface area (Å²) in [5.74, 6) is 0. The second-order valence-corrected chi connectivity index (χ2v) is 4.78. The van der Waals surface area contributed by atoms with E-state index in [1.165, 1.54) is 16.8 Å². The quantitative estimate of drug-likeness (QED) is 0.788. The van der Waals surface area contributed by atoms with Crippen LogP contribution in [0.2, 0.25) is 0 Å². The van der Waals surface area contributed by atoms with Gasteiger partial charge in [-0.1, -0.05) is 0 Å². The number of hydrogen-bond donors (Lipinski definition) is 1. The van der Waals surface area contributed by atoms with Crippen molar-refractivity contribution in [2.24, 2.45) is 0 Å². The lowest BCUT2D eigenvalue weighted by Crippen LogP contribution is -2.21. The summed E-state index contributed by atoms with van der Waals surface area (Å²) in [7, 11) is 0. The van der Waals surface area contributed by atoms with Crippen molar-refractivity contribution in [3.8, 4) is 0 Å². The molecule has 14 heavy (non-hydrogen) atoms. The molecule has 0 radical (unpaired) electrons. The molecule has 0 fully saturated rings. The van der Waals surface area contributed by atoms with Crippen LogP contribution in [0, 0.1) is 20.8 Å². The van der Waals surface area contributed by atoms with Crippen molar-refractivity contribution in [1.82, 2.24) is 4.57 Å². The van der Waals surface area contributed by atoms with Crippen molar-refractivity contribution < 1.29 is 5.11 Å². The van der Waals surface area contributed by atoms with Gasteiger partial charge in [0.15, 0.2) is 0 Å². The monoisotopic (exact) mass is 195 g/mol. The Kier molecular flexibility index (Phi) is 3.05. The van der Waals surface area contributed by atoms with Gasteiger partial charge in [-0.05, 0) is 52.2 Å². The van der Waals surface area contributed by atoms with Gasteiger partial charge in [-0.25, -0.2) is 0 Å². The molecule has 0 unspecified atom stereocenters. The van der Waals surface area contributed by atoms with E-state index in [1.54, 1.807) is 0 Å². The first-order valence-electron chi connectivity index (χ1n) is 5.16. The fourth-order valence-electron chi connectivity index (χ4n) is 1.55. The first-order chi connectivity index (χ1) is 6.31. The van der Waals surface area contributed by atoms with Crippen molar-refractivity contribution in [3.63, 3.8) is 0 Å². The predicted molar refractivity (Wildman–Crippen MR) is 59.6 cm³/mol. The standard InChI is InChI=1S/C12H21NO/c1-9-8-13(11(3)10(9)2)7-6-12(4,5)14/h8,14H,6-7H2,1-5H3. The molecule has 0 spiro atoms. The minimum atomic E-state index is -0.571. The zero-order valence-electron chi connectivity index (χ0n) is 9.89. The highest BCUT2D eigenvalue weighted by Gasteiger charge is 2.13. The number of aryl methyl sites for hydroxylation is 2. The summed E-state index contributed by atoms with van der Waals surface area (Å²) in [6, 6.07) is 0. The highest BCUT2D eigenvalue weighted by atomic mass is 16.3. The van der Waals surface area contributed by atoms with E-state index in [0.29, 0.717) is 0 Å². The summed E-state index contributed by atoms with van der Waals surface area (Å²) in [5.41, 5.74) is 3.43. The van der Waals surface area contributed by atoms with E-state index in [0.717, 1.165) is 13.0 Å². The van der Waals surface area contributed by atoms with Crippen LogP contribution in [0.15, 0.2) is 6.20 Å². The zero-order chi connectivity index (χ0) is 10.9. The number of rotatable bonds is 3. The zero-order valence-corrected chi connectivity index (χ0v) is 9.89. The molecule has 0 aliphatic carbocycles. The van der Waals surface area contributed by atoms with Gasteiger partial charge in [-0.15, -0.1) is 0 Å². The summed E-state index contributed by atoms with van der Waals surface area (Å²) in [6.45, 7) is 11.0. The van der Waals surface area contributed by atoms with Gasteiger partial charge in [0.25, 0.3) is 0 Å². The summed E-state index contributed by atoms with van der Waals surface area (Å²) >= 11 is 0. The summed E-state index contributed by atoms with van der Waals surface area (Å²) in [4.78, 5) is 0. The van der Waals surface area contributed by atoms with Crippen molar-refractivity contribution in [2.75, 3.05) is 0 Å². The molecule has 1 aromatic rings. The van der Waals surface area contributed by atoms with Crippen molar-refractivity contribution in [2.45, 2.75) is 53.2 Å². The molecule has 1 rings (SSSR count). The van der Waals surface area contributed by atoms with Crippen LogP contribution in [-0.2, 0) is 6.54 Å². The normalized spacial score (nSPS) is 12.1. The Morgan fingerprint density at radius 3 is 2.21 bits per heavy atom. The molecule has 1 heterocycles. The van der Waals surface area contributed by atoms with Crippen LogP contribution in [0.1, 0.15) is 37.1 Å². The maximum Gasteiger partial charge on any atom is 0.0608 e. The Morgan fingerprint density at radius 1 is 1.29 bits per heavy atom. The predicted octanol–water partition coefficient (Wildman–Crippen LogP) is 2.57. The number of hydrogen-bond acceptors (Lipinski definition) is 1. The molecule has 1 N–H and O–H groups in total. The van der Waals surface area contributed by atoms with Crippen LogP contribution in [0.4, 0.5) is 0 Å². The lowest BCUT2D eigenvalue weighted by atomic mass is 10.1. The topological polar surface area (TPSA) is 25.2 Å². The third-order valence-electron chi connectivity index (χ3n) is 2.88. The van der Waals surface area contributed by atoms with Crippen LogP contribution < -0.4 is 0 Å². The highest BCUT2D eigenvalue weighted by molar-refractivity contribution is 5.28. The molecule has 0 bridgehead atoms. The Bertz CT molecular complexity index is 318. The van der Waals surface area contributed by atoms with E-state index < -0.39 is 5.60 Å². The van der Waals surface area contributed by atoms with E-state index in [9.17, 15) is 5.11 Å². The molecule has 0 amide bonds. The van der Waals surface area contributed by atoms with Gasteiger partial charge in [0, 0.05) is 18.4 Å². The number of nitrogens with zero attached hydrogens (tertiary/aromatic N) is 1. The molecule has 2 heteroatoms. The molecule has 0 aliphatic heterocycles. The van der Waals surface area contributed by atoms with E-state index in [4.69, 9.17) is 0 Å². The largest absolute Gasteiger partial charge is 0.390 e. The SMILES string of the molecule is Cc1cn(CCC(C)(C)O)c(C)c1C. The molecule has 0 atom stereocenters. The second kappa shape index (κ2) is 3.77. The molecular weight excluding hydrogens is 174 g/mol. The molecule has 1 aromatic heterocycles. The van der Waals surface area contributed by atoms with Gasteiger partial charge in [0.1, 0.15) is 0 Å². The van der Waals surface area contributed by atoms with Crippen LogP contribution in [-0.4, -0.2) is 15.3 Å². The Morgan fingerprint density at radius 2 is 1.86 bits per heavy atom. The van der Waals surface area contributed by atoms with Gasteiger partial charge in [0.2, 0.25) is 0 Å². The summed E-state index contributed by atoms with van der Waals surface area (Å²) < 4.78 is 2.22. The van der Waals surface area contributed by atoms with Crippen LogP contribution in [0.3, 0.4) is 0 Å². The molecule has 0 saturated heterocycles. The lowest BCUT2D eigenvalue weighted by Gasteiger charge is -2.17. The van der Waals surface area contributed by atoms with Gasteiger partial charge in [-0.2, -0.15) is 0 Å². The van der Waals surface area contributed by atoms with E-state index in [1.807, 2.05) is 13.8 Å². The average Bonchev–Trinajstić information content (AvgIpc) is 2.28. The Hall–Kier alpha value is -0.760. The third kappa shape index (κ3) is 2.61. The molecule has 0 aromatic carbocycles. The van der Waals surface area contributed by atoms with Gasteiger partial charge >= 0.3 is 0 Å². The molecule has 0 aliphatic rings. The third-order valence-corrected chi connectivity index (χ3v) is 2.88.